The molecule has 3 aliphatic heterocycles. The minimum Gasteiger partial charge on any atom is -0.369 e. The van der Waals surface area contributed by atoms with E-state index >= 15 is 0 Å². The summed E-state index contributed by atoms with van der Waals surface area (Å²) in [6, 6.07) is 2.39. The summed E-state index contributed by atoms with van der Waals surface area (Å²) in [5, 5.41) is 14.8. The first-order valence-electron chi connectivity index (χ1n) is 20.4. The van der Waals surface area contributed by atoms with Crippen LogP contribution < -0.4 is 26.6 Å². The molecule has 60 heavy (non-hydrogen) atoms. The predicted molar refractivity (Wildman–Crippen MR) is 235 cm³/mol. The lowest BCUT2D eigenvalue weighted by Crippen LogP contribution is -2.62. The Morgan fingerprint density at radius 3 is 2.10 bits per heavy atom. The van der Waals surface area contributed by atoms with Crippen molar-refractivity contribution < 1.29 is 38.2 Å². The van der Waals surface area contributed by atoms with Crippen molar-refractivity contribution in [3.05, 3.63) is 61.2 Å². The Bertz CT molecular complexity index is 1750. The number of amides is 6. The number of benzene rings is 1. The van der Waals surface area contributed by atoms with E-state index in [2.05, 4.69) is 39.7 Å². The first kappa shape index (κ1) is 49.8. The molecule has 1 aromatic rings. The summed E-state index contributed by atoms with van der Waals surface area (Å²) in [7, 11) is 0. The van der Waals surface area contributed by atoms with Gasteiger partial charge in [0.25, 0.3) is 0 Å². The fourth-order valence-corrected chi connectivity index (χ4v) is 8.05. The topological polar surface area (TPSA) is 197 Å². The third-order valence-corrected chi connectivity index (χ3v) is 12.2. The fraction of sp³-hybridized carbons (Fsp3) is 0.614. The van der Waals surface area contributed by atoms with E-state index in [9.17, 15) is 28.8 Å². The maximum absolute atomic E-state index is 14.4. The molecule has 5 N–H and O–H groups in total. The van der Waals surface area contributed by atoms with Gasteiger partial charge in [0.2, 0.25) is 35.4 Å². The van der Waals surface area contributed by atoms with Gasteiger partial charge in [0, 0.05) is 12.3 Å². The van der Waals surface area contributed by atoms with E-state index in [0.29, 0.717) is 37.3 Å². The van der Waals surface area contributed by atoms with E-state index in [1.54, 1.807) is 60.6 Å². The van der Waals surface area contributed by atoms with Crippen molar-refractivity contribution in [3.8, 4) is 0 Å². The van der Waals surface area contributed by atoms with Crippen LogP contribution in [0.2, 0.25) is 0 Å². The number of hydrogen-bond acceptors (Lipinski definition) is 10. The van der Waals surface area contributed by atoms with E-state index < -0.39 is 95.1 Å². The molecule has 0 saturated carbocycles. The number of nitrogens with one attached hydrogen (secondary N) is 5. The van der Waals surface area contributed by atoms with Crippen molar-refractivity contribution in [3.63, 3.8) is 0 Å². The molecule has 9 atom stereocenters. The van der Waals surface area contributed by atoms with E-state index in [4.69, 9.17) is 14.5 Å². The van der Waals surface area contributed by atoms with Gasteiger partial charge in [0.05, 0.1) is 35.0 Å². The molecule has 0 radical (unpaired) electrons. The Labute approximate surface area is 360 Å². The monoisotopic (exact) mass is 853 g/mol. The number of carbonyl (C=O) groups is 6. The van der Waals surface area contributed by atoms with Gasteiger partial charge in [0.15, 0.2) is 0 Å². The van der Waals surface area contributed by atoms with Crippen LogP contribution in [-0.2, 0) is 44.7 Å². The number of nitrogens with zero attached hydrogens (tertiary/aromatic N) is 2. The first-order valence-corrected chi connectivity index (χ1v) is 21.4. The van der Waals surface area contributed by atoms with Crippen molar-refractivity contribution in [2.24, 2.45) is 10.9 Å². The van der Waals surface area contributed by atoms with Gasteiger partial charge in [0.1, 0.15) is 36.3 Å². The quantitative estimate of drug-likeness (QED) is 0.196. The molecule has 4 rings (SSSR count). The molecule has 3 heterocycles. The van der Waals surface area contributed by atoms with Crippen LogP contribution >= 0.6 is 11.8 Å². The molecule has 1 unspecified atom stereocenters. The van der Waals surface area contributed by atoms with Gasteiger partial charge in [-0.25, -0.2) is 0 Å². The summed E-state index contributed by atoms with van der Waals surface area (Å²) < 4.78 is 12.2. The lowest BCUT2D eigenvalue weighted by atomic mass is 9.97. The number of rotatable bonds is 12. The molecule has 0 spiro atoms. The van der Waals surface area contributed by atoms with E-state index in [0.717, 1.165) is 5.56 Å². The van der Waals surface area contributed by atoms with E-state index in [-0.39, 0.29) is 25.7 Å². The average molecular weight is 854 g/mol. The Kier molecular flexibility index (Phi) is 18.1. The van der Waals surface area contributed by atoms with Gasteiger partial charge in [-0.3, -0.25) is 33.8 Å². The highest BCUT2D eigenvalue weighted by molar-refractivity contribution is 8.14. The minimum atomic E-state index is -1.35. The first-order chi connectivity index (χ1) is 27.8. The largest absolute Gasteiger partial charge is 0.369 e. The maximum atomic E-state index is 14.4. The van der Waals surface area contributed by atoms with Gasteiger partial charge in [-0.05, 0) is 72.3 Å². The summed E-state index contributed by atoms with van der Waals surface area (Å²) in [4.78, 5) is 90.9. The molecule has 15 nitrogen and oxygen atoms in total. The second-order valence-corrected chi connectivity index (χ2v) is 17.7. The number of thioether (sulfide) groups is 1. The molecule has 1 saturated heterocycles. The Balaban J connectivity index is 0.00000961. The highest BCUT2D eigenvalue weighted by Crippen LogP contribution is 2.25. The standard InChI is InChI=1S/C43H63N7O8S.CH4/c1-11-25(4)33-38(54)44-26(5)41(56)50-21-17-20-32(50)37(53)45-29(22-28-18-15-14-16-19-28)40-47-31(24-59-40)36(52)49-34(27(6)58-43(9,10)13-3)39(55)46-30(35(51)48-33)23-57-42(7,8)12-2;/h12-16,18-19,25-27,29-34H,2-3,11,17,20-24H2,1,4-10H3,(H,44,54)(H,45,53)(H,46,55)(H,48,51)(H,49,52);1H4/t25-,26-,27+,29+,30-,31-,32?,33-,34-;/m0./s1. The number of fused-ring (bicyclic) bond motifs is 2. The van der Waals surface area contributed by atoms with Crippen LogP contribution in [0.15, 0.2) is 60.6 Å². The molecular weight excluding hydrogens is 787 g/mol. The smallest absolute Gasteiger partial charge is 0.246 e. The van der Waals surface area contributed by atoms with E-state index in [1.807, 2.05) is 37.3 Å². The van der Waals surface area contributed by atoms with Crippen molar-refractivity contribution in [1.82, 2.24) is 31.5 Å². The predicted octanol–water partition coefficient (Wildman–Crippen LogP) is 3.22. The Hall–Kier alpha value is -4.54. The number of ether oxygens (including phenoxy) is 2. The Morgan fingerprint density at radius 2 is 1.47 bits per heavy atom. The molecule has 332 valence electrons. The van der Waals surface area contributed by atoms with E-state index in [1.165, 1.54) is 16.7 Å². The fourth-order valence-electron chi connectivity index (χ4n) is 6.95. The zero-order chi connectivity index (χ0) is 43.7. The average Bonchev–Trinajstić information content (AvgIpc) is 3.91. The lowest BCUT2D eigenvalue weighted by molar-refractivity contribution is -0.142. The van der Waals surface area contributed by atoms with Gasteiger partial charge >= 0.3 is 0 Å². The van der Waals surface area contributed by atoms with Crippen LogP contribution in [0.4, 0.5) is 0 Å². The van der Waals surface area contributed by atoms with Crippen LogP contribution in [0.3, 0.4) is 0 Å². The van der Waals surface area contributed by atoms with Gasteiger partial charge < -0.3 is 41.0 Å². The molecule has 2 bridgehead atoms. The zero-order valence-corrected chi connectivity index (χ0v) is 36.5. The third-order valence-electron chi connectivity index (χ3n) is 11.0. The highest BCUT2D eigenvalue weighted by atomic mass is 32.2. The zero-order valence-electron chi connectivity index (χ0n) is 35.7. The summed E-state index contributed by atoms with van der Waals surface area (Å²) in [5.74, 6) is -3.61. The normalized spacial score (nSPS) is 27.3. The maximum Gasteiger partial charge on any atom is 0.246 e. The Morgan fingerprint density at radius 1 is 0.850 bits per heavy atom. The molecule has 0 aliphatic carbocycles. The molecule has 1 aromatic carbocycles. The molecule has 1 fully saturated rings. The van der Waals surface area contributed by atoms with Crippen LogP contribution in [0.5, 0.6) is 0 Å². The molecule has 16 heteroatoms. The van der Waals surface area contributed by atoms with Crippen LogP contribution in [-0.4, -0.2) is 124 Å². The van der Waals surface area contributed by atoms with Gasteiger partial charge in [-0.2, -0.15) is 0 Å². The van der Waals surface area contributed by atoms with Crippen LogP contribution in [0, 0.1) is 5.92 Å². The lowest BCUT2D eigenvalue weighted by Gasteiger charge is -2.33. The van der Waals surface area contributed by atoms with Crippen molar-refractivity contribution in [1.29, 1.82) is 0 Å². The second kappa shape index (κ2) is 21.8. The number of hydrogen-bond donors (Lipinski definition) is 5. The van der Waals surface area contributed by atoms with Gasteiger partial charge in [-0.1, -0.05) is 70.2 Å². The van der Waals surface area contributed by atoms with Crippen molar-refractivity contribution in [2.75, 3.05) is 18.9 Å². The SMILES string of the molecule is C.C=CC(C)(C)OC[C@@H]1NC(=O)[C@H]([C@@H](C)OC(C)(C)C=C)NC(=O)[C@@H]2CSC(=N2)[C@@H](Cc2ccccc2)NC(=O)C2CCCN2C(=O)[C@H](C)NC(=O)[C@H]([C@@H](C)CC)NC1=O. The van der Waals surface area contributed by atoms with Crippen molar-refractivity contribution in [2.45, 2.75) is 148 Å². The molecule has 3 aliphatic rings. The summed E-state index contributed by atoms with van der Waals surface area (Å²) in [6.45, 7) is 21.5. The van der Waals surface area contributed by atoms with Gasteiger partial charge in [-0.15, -0.1) is 24.9 Å². The second-order valence-electron chi connectivity index (χ2n) is 16.6. The molecule has 6 amide bonds. The molecule has 0 aromatic heterocycles. The third kappa shape index (κ3) is 13.2. The summed E-state index contributed by atoms with van der Waals surface area (Å²) >= 11 is 1.33. The summed E-state index contributed by atoms with van der Waals surface area (Å²) in [6.07, 6.45) is 4.06. The summed E-state index contributed by atoms with van der Waals surface area (Å²) in [5.41, 5.74) is -0.870. The minimum absolute atomic E-state index is 0. The van der Waals surface area contributed by atoms with Crippen LogP contribution in [0.1, 0.15) is 87.6 Å². The number of aliphatic imine (C=N–C) groups is 1. The molecular formula is C44H67N7O8S. The van der Waals surface area contributed by atoms with Crippen LogP contribution in [0.25, 0.3) is 0 Å². The highest BCUT2D eigenvalue weighted by Gasteiger charge is 2.41. The number of carbonyl (C=O) groups excluding carboxylic acids is 6. The van der Waals surface area contributed by atoms with Crippen molar-refractivity contribution >= 4 is 52.2 Å².